The molecule has 0 aromatic heterocycles. The zero-order chi connectivity index (χ0) is 11.6. The Morgan fingerprint density at radius 3 is 2.53 bits per heavy atom. The van der Waals surface area contributed by atoms with Gasteiger partial charge in [-0.3, -0.25) is 4.79 Å². The number of benzene rings is 1. The monoisotopic (exact) mass is 270 g/mol. The predicted octanol–water partition coefficient (Wildman–Crippen LogP) is 0.753. The molecule has 1 amide bonds. The molecule has 0 bridgehead atoms. The van der Waals surface area contributed by atoms with E-state index in [9.17, 15) is 4.79 Å². The molecule has 0 aliphatic rings. The van der Waals surface area contributed by atoms with E-state index in [0.717, 1.165) is 5.56 Å². The van der Waals surface area contributed by atoms with Gasteiger partial charge >= 0.3 is 0 Å². The van der Waals surface area contributed by atoms with Crippen molar-refractivity contribution in [3.63, 3.8) is 0 Å². The first-order valence-electron chi connectivity index (χ1n) is 4.11. The second-order valence-corrected chi connectivity index (χ2v) is 3.90. The molecule has 80 valence electrons. The number of hydrogen-bond donors (Lipinski definition) is 3. The van der Waals surface area contributed by atoms with Gasteiger partial charge in [-0.1, -0.05) is 0 Å². The number of nitrogens with zero attached hydrogens (tertiary/aromatic N) is 1. The molecule has 0 heterocycles. The molecule has 0 radical (unpaired) electrons. The summed E-state index contributed by atoms with van der Waals surface area (Å²) in [4.78, 5) is 15.0. The Morgan fingerprint density at radius 1 is 1.40 bits per heavy atom. The molecule has 6 N–H and O–H groups in total. The van der Waals surface area contributed by atoms with Crippen LogP contribution in [0.15, 0.2) is 21.6 Å². The topological polar surface area (TPSA) is 107 Å². The third-order valence-electron chi connectivity index (χ3n) is 1.73. The highest BCUT2D eigenvalue weighted by Gasteiger charge is 2.12. The Bertz CT molecular complexity index is 438. The summed E-state index contributed by atoms with van der Waals surface area (Å²) in [7, 11) is 0. The Balaban J connectivity index is 3.26. The van der Waals surface area contributed by atoms with Crippen molar-refractivity contribution in [1.29, 1.82) is 0 Å². The van der Waals surface area contributed by atoms with Crippen LogP contribution >= 0.6 is 15.9 Å². The number of rotatable bonds is 1. The highest BCUT2D eigenvalue weighted by Crippen LogP contribution is 2.25. The van der Waals surface area contributed by atoms with Crippen LogP contribution in [-0.4, -0.2) is 11.9 Å². The lowest BCUT2D eigenvalue weighted by Gasteiger charge is -2.05. The van der Waals surface area contributed by atoms with Crippen LogP contribution in [0.2, 0.25) is 0 Å². The van der Waals surface area contributed by atoms with Crippen LogP contribution in [0, 0.1) is 6.92 Å². The zero-order valence-electron chi connectivity index (χ0n) is 8.12. The van der Waals surface area contributed by atoms with E-state index < -0.39 is 5.91 Å². The van der Waals surface area contributed by atoms with E-state index in [1.807, 2.05) is 13.0 Å². The third kappa shape index (κ3) is 2.69. The maximum atomic E-state index is 11.5. The van der Waals surface area contributed by atoms with Crippen molar-refractivity contribution in [2.75, 3.05) is 5.73 Å². The second-order valence-electron chi connectivity index (χ2n) is 3.05. The molecule has 0 unspecified atom stereocenters. The first kappa shape index (κ1) is 11.5. The number of carbonyl (C=O) groups excluding carboxylic acids is 1. The summed E-state index contributed by atoms with van der Waals surface area (Å²) in [6, 6.07) is 3.44. The molecule has 1 aromatic rings. The Morgan fingerprint density at radius 2 is 2.00 bits per heavy atom. The second kappa shape index (κ2) is 4.31. The van der Waals surface area contributed by atoms with Gasteiger partial charge in [-0.15, -0.1) is 0 Å². The quantitative estimate of drug-likeness (QED) is 0.398. The molecule has 5 nitrogen and oxygen atoms in total. The third-order valence-corrected chi connectivity index (χ3v) is 2.39. The zero-order valence-corrected chi connectivity index (χ0v) is 9.71. The first-order valence-corrected chi connectivity index (χ1v) is 4.90. The predicted molar refractivity (Wildman–Crippen MR) is 63.4 cm³/mol. The van der Waals surface area contributed by atoms with Crippen molar-refractivity contribution in [3.05, 3.63) is 27.7 Å². The number of amides is 1. The van der Waals surface area contributed by atoms with Crippen LogP contribution in [0.1, 0.15) is 15.9 Å². The highest BCUT2D eigenvalue weighted by molar-refractivity contribution is 9.10. The number of nitrogen functional groups attached to an aromatic ring is 1. The summed E-state index contributed by atoms with van der Waals surface area (Å²) in [5.74, 6) is -0.825. The highest BCUT2D eigenvalue weighted by atomic mass is 79.9. The molecule has 0 fully saturated rings. The number of nitrogens with two attached hydrogens (primary N) is 3. The van der Waals surface area contributed by atoms with E-state index >= 15 is 0 Å². The van der Waals surface area contributed by atoms with Gasteiger partial charge in [0.15, 0.2) is 5.96 Å². The lowest BCUT2D eigenvalue weighted by atomic mass is 10.1. The van der Waals surface area contributed by atoms with Crippen molar-refractivity contribution in [3.8, 4) is 0 Å². The van der Waals surface area contributed by atoms with Crippen molar-refractivity contribution in [2.45, 2.75) is 6.92 Å². The molecule has 1 rings (SSSR count). The maximum Gasteiger partial charge on any atom is 0.282 e. The van der Waals surface area contributed by atoms with Crippen LogP contribution < -0.4 is 17.2 Å². The fourth-order valence-corrected chi connectivity index (χ4v) is 1.68. The number of carbonyl (C=O) groups is 1. The summed E-state index contributed by atoms with van der Waals surface area (Å²) in [6.07, 6.45) is 0. The summed E-state index contributed by atoms with van der Waals surface area (Å²) >= 11 is 3.24. The Labute approximate surface area is 95.5 Å². The fourth-order valence-electron chi connectivity index (χ4n) is 1.11. The summed E-state index contributed by atoms with van der Waals surface area (Å²) in [6.45, 7) is 1.84. The Kier molecular flexibility index (Phi) is 3.31. The van der Waals surface area contributed by atoms with Crippen LogP contribution in [0.5, 0.6) is 0 Å². The van der Waals surface area contributed by atoms with E-state index in [0.29, 0.717) is 10.2 Å². The number of aryl methyl sites for hydroxylation is 1. The fraction of sp³-hybridized carbons (Fsp3) is 0.111. The standard InChI is InChI=1S/C9H11BrN4O/c1-4-2-5(7(11)6(10)3-4)8(15)14-9(12)13/h2-3H,11H2,1H3,(H4,12,13,14,15). The van der Waals surface area contributed by atoms with Crippen molar-refractivity contribution in [1.82, 2.24) is 0 Å². The molecule has 15 heavy (non-hydrogen) atoms. The molecule has 0 atom stereocenters. The number of halogens is 1. The van der Waals surface area contributed by atoms with Gasteiger partial charge in [0.25, 0.3) is 5.91 Å². The van der Waals surface area contributed by atoms with Crippen LogP contribution in [-0.2, 0) is 0 Å². The van der Waals surface area contributed by atoms with Gasteiger partial charge in [-0.05, 0) is 40.5 Å². The summed E-state index contributed by atoms with van der Waals surface area (Å²) < 4.78 is 0.650. The lowest BCUT2D eigenvalue weighted by Crippen LogP contribution is -2.24. The smallest absolute Gasteiger partial charge is 0.282 e. The SMILES string of the molecule is Cc1cc(Br)c(N)c(C(=O)N=C(N)N)c1. The van der Waals surface area contributed by atoms with Crippen LogP contribution in [0.3, 0.4) is 0 Å². The molecule has 6 heteroatoms. The minimum Gasteiger partial charge on any atom is -0.397 e. The van der Waals surface area contributed by atoms with Gasteiger partial charge in [0.05, 0.1) is 11.3 Å². The minimum absolute atomic E-state index is 0.281. The molecule has 0 aliphatic carbocycles. The maximum absolute atomic E-state index is 11.5. The van der Waals surface area contributed by atoms with E-state index in [1.165, 1.54) is 0 Å². The van der Waals surface area contributed by atoms with E-state index in [-0.39, 0.29) is 11.5 Å². The number of aliphatic imine (C=N–C) groups is 1. The Hall–Kier alpha value is -1.56. The van der Waals surface area contributed by atoms with Gasteiger partial charge in [0.2, 0.25) is 0 Å². The molecule has 0 saturated carbocycles. The number of hydrogen-bond acceptors (Lipinski definition) is 2. The lowest BCUT2D eigenvalue weighted by molar-refractivity contribution is 0.100. The van der Waals surface area contributed by atoms with E-state index in [1.54, 1.807) is 6.07 Å². The average Bonchev–Trinajstić information content (AvgIpc) is 2.09. The molecule has 1 aromatic carbocycles. The van der Waals surface area contributed by atoms with Gasteiger partial charge in [0.1, 0.15) is 0 Å². The van der Waals surface area contributed by atoms with Gasteiger partial charge in [-0.2, -0.15) is 4.99 Å². The molecular formula is C9H11BrN4O. The minimum atomic E-state index is -0.545. The van der Waals surface area contributed by atoms with Gasteiger partial charge in [0, 0.05) is 4.47 Å². The first-order chi connectivity index (χ1) is 6.91. The van der Waals surface area contributed by atoms with Crippen molar-refractivity contribution in [2.24, 2.45) is 16.5 Å². The summed E-state index contributed by atoms with van der Waals surface area (Å²) in [5.41, 5.74) is 17.4. The van der Waals surface area contributed by atoms with Crippen molar-refractivity contribution >= 4 is 33.5 Å². The number of anilines is 1. The molecule has 0 spiro atoms. The molecule has 0 aliphatic heterocycles. The average molecular weight is 271 g/mol. The van der Waals surface area contributed by atoms with Gasteiger partial charge < -0.3 is 17.2 Å². The van der Waals surface area contributed by atoms with Crippen LogP contribution in [0.25, 0.3) is 0 Å². The van der Waals surface area contributed by atoms with E-state index in [2.05, 4.69) is 20.9 Å². The summed E-state index contributed by atoms with van der Waals surface area (Å²) in [5, 5.41) is 0. The largest absolute Gasteiger partial charge is 0.397 e. The van der Waals surface area contributed by atoms with Crippen LogP contribution in [0.4, 0.5) is 5.69 Å². The molecular weight excluding hydrogens is 260 g/mol. The van der Waals surface area contributed by atoms with Crippen molar-refractivity contribution < 1.29 is 4.79 Å². The normalized spacial score (nSPS) is 9.73. The number of guanidine groups is 1. The van der Waals surface area contributed by atoms with Gasteiger partial charge in [-0.25, -0.2) is 0 Å². The molecule has 0 saturated heterocycles. The van der Waals surface area contributed by atoms with E-state index in [4.69, 9.17) is 17.2 Å².